The van der Waals surface area contributed by atoms with Gasteiger partial charge in [0.05, 0.1) is 0 Å². The zero-order valence-corrected chi connectivity index (χ0v) is 7.34. The van der Waals surface area contributed by atoms with Crippen LogP contribution < -0.4 is 5.73 Å². The summed E-state index contributed by atoms with van der Waals surface area (Å²) in [4.78, 5) is 0. The third-order valence-corrected chi connectivity index (χ3v) is 3.76. The molecular weight excluding hydrogens is 154 g/mol. The van der Waals surface area contributed by atoms with Crippen LogP contribution in [0, 0.1) is 0 Å². The van der Waals surface area contributed by atoms with Crippen molar-refractivity contribution in [3.63, 3.8) is 0 Å². The van der Waals surface area contributed by atoms with E-state index in [4.69, 9.17) is 10.8 Å². The molecule has 2 atom stereocenters. The van der Waals surface area contributed by atoms with E-state index in [2.05, 4.69) is 0 Å². The quantitative estimate of drug-likeness (QED) is 0.485. The Bertz CT molecular complexity index is 70.0. The molecule has 56 valence electrons. The molecule has 2 unspecified atom stereocenters. The van der Waals surface area contributed by atoms with Crippen molar-refractivity contribution < 1.29 is 5.11 Å². The lowest BCUT2D eigenvalue weighted by molar-refractivity contribution is 0.285. The number of rotatable bonds is 4. The van der Waals surface area contributed by atoms with E-state index < -0.39 is 0 Å². The smallest absolute Gasteiger partial charge is 0.106 e. The van der Waals surface area contributed by atoms with Crippen molar-refractivity contribution >= 4 is 21.6 Å². The van der Waals surface area contributed by atoms with Gasteiger partial charge in [-0.2, -0.15) is 0 Å². The van der Waals surface area contributed by atoms with Crippen LogP contribution in [0.3, 0.4) is 0 Å². The summed E-state index contributed by atoms with van der Waals surface area (Å²) in [6, 6.07) is 0. The van der Waals surface area contributed by atoms with Gasteiger partial charge in [-0.1, -0.05) is 28.5 Å². The van der Waals surface area contributed by atoms with Crippen molar-refractivity contribution in [3.05, 3.63) is 0 Å². The maximum absolute atomic E-state index is 8.80. The molecule has 0 aliphatic carbocycles. The first-order valence-electron chi connectivity index (χ1n) is 2.87. The van der Waals surface area contributed by atoms with Crippen LogP contribution in [0.5, 0.6) is 0 Å². The number of hydrogen-bond acceptors (Lipinski definition) is 4. The lowest BCUT2D eigenvalue weighted by atomic mass is 10.5. The lowest BCUT2D eigenvalue weighted by Crippen LogP contribution is -2.11. The molecule has 0 aromatic heterocycles. The fraction of sp³-hybridized carbons (Fsp3) is 1.00. The Morgan fingerprint density at radius 2 is 2.00 bits per heavy atom. The summed E-state index contributed by atoms with van der Waals surface area (Å²) in [6.45, 7) is 4.46. The molecule has 0 heterocycles. The minimum atomic E-state index is -0.288. The highest BCUT2D eigenvalue weighted by molar-refractivity contribution is 8.77. The summed E-state index contributed by atoms with van der Waals surface area (Å²) >= 11 is 0. The van der Waals surface area contributed by atoms with Crippen molar-refractivity contribution in [2.45, 2.75) is 24.5 Å². The van der Waals surface area contributed by atoms with Crippen LogP contribution in [0.1, 0.15) is 13.8 Å². The Labute approximate surface area is 64.0 Å². The summed E-state index contributed by atoms with van der Waals surface area (Å²) < 4.78 is 0. The van der Waals surface area contributed by atoms with E-state index in [1.165, 1.54) is 10.8 Å². The van der Waals surface area contributed by atoms with Crippen molar-refractivity contribution in [1.29, 1.82) is 0 Å². The second kappa shape index (κ2) is 5.41. The third kappa shape index (κ3) is 6.51. The van der Waals surface area contributed by atoms with Gasteiger partial charge in [0.1, 0.15) is 5.44 Å². The predicted molar refractivity (Wildman–Crippen MR) is 45.4 cm³/mol. The van der Waals surface area contributed by atoms with E-state index in [1.807, 2.05) is 6.92 Å². The summed E-state index contributed by atoms with van der Waals surface area (Å²) in [6.07, 6.45) is 0. The number of nitrogens with two attached hydrogens (primary N) is 1. The highest BCUT2D eigenvalue weighted by Gasteiger charge is 2.01. The van der Waals surface area contributed by atoms with E-state index in [-0.39, 0.29) is 5.44 Å². The van der Waals surface area contributed by atoms with Gasteiger partial charge in [0, 0.05) is 11.8 Å². The van der Waals surface area contributed by atoms with Gasteiger partial charge in [0.2, 0.25) is 0 Å². The molecule has 0 bridgehead atoms. The minimum Gasteiger partial charge on any atom is -0.382 e. The first-order chi connectivity index (χ1) is 4.16. The van der Waals surface area contributed by atoms with Crippen molar-refractivity contribution in [1.82, 2.24) is 0 Å². The Balaban J connectivity index is 3.06. The molecule has 0 aliphatic heterocycles. The molecule has 0 spiro atoms. The summed E-state index contributed by atoms with van der Waals surface area (Å²) in [5.74, 6) is 0. The number of aliphatic hydroxyl groups is 1. The van der Waals surface area contributed by atoms with Crippen LogP contribution in [-0.2, 0) is 0 Å². The second-order valence-corrected chi connectivity index (χ2v) is 4.86. The van der Waals surface area contributed by atoms with Crippen LogP contribution in [0.15, 0.2) is 0 Å². The molecule has 0 fully saturated rings. The number of aliphatic hydroxyl groups excluding tert-OH is 1. The molecule has 0 amide bonds. The second-order valence-electron chi connectivity index (χ2n) is 1.84. The molecule has 0 rings (SSSR count). The highest BCUT2D eigenvalue weighted by atomic mass is 33.1. The molecule has 9 heavy (non-hydrogen) atoms. The largest absolute Gasteiger partial charge is 0.382 e. The van der Waals surface area contributed by atoms with E-state index in [0.717, 1.165) is 0 Å². The van der Waals surface area contributed by atoms with Crippen LogP contribution in [0.4, 0.5) is 0 Å². The molecule has 0 saturated carbocycles. The van der Waals surface area contributed by atoms with E-state index >= 15 is 0 Å². The Hall–Kier alpha value is 0.620. The Morgan fingerprint density at radius 3 is 2.33 bits per heavy atom. The third-order valence-electron chi connectivity index (χ3n) is 0.691. The molecular formula is C5H13NOS2. The van der Waals surface area contributed by atoms with Gasteiger partial charge in [-0.3, -0.25) is 0 Å². The van der Waals surface area contributed by atoms with Crippen molar-refractivity contribution in [3.8, 4) is 0 Å². The summed E-state index contributed by atoms with van der Waals surface area (Å²) in [5, 5.41) is 9.23. The maximum Gasteiger partial charge on any atom is 0.106 e. The van der Waals surface area contributed by atoms with Crippen molar-refractivity contribution in [2.24, 2.45) is 5.73 Å². The van der Waals surface area contributed by atoms with E-state index in [0.29, 0.717) is 11.8 Å². The molecule has 2 nitrogen and oxygen atoms in total. The average Bonchev–Trinajstić information content (AvgIpc) is 1.83. The summed E-state index contributed by atoms with van der Waals surface area (Å²) in [5.41, 5.74) is 5.05. The molecule has 0 aromatic rings. The average molecular weight is 167 g/mol. The minimum absolute atomic E-state index is 0.288. The molecule has 3 N–H and O–H groups in total. The Kier molecular flexibility index (Phi) is 5.78. The molecule has 0 saturated heterocycles. The first-order valence-corrected chi connectivity index (χ1v) is 5.14. The van der Waals surface area contributed by atoms with Gasteiger partial charge < -0.3 is 10.8 Å². The van der Waals surface area contributed by atoms with Crippen LogP contribution >= 0.6 is 21.6 Å². The van der Waals surface area contributed by atoms with Gasteiger partial charge >= 0.3 is 0 Å². The zero-order chi connectivity index (χ0) is 7.28. The van der Waals surface area contributed by atoms with E-state index in [1.54, 1.807) is 17.7 Å². The predicted octanol–water partition coefficient (Wildman–Crippen LogP) is 1.05. The molecule has 0 radical (unpaired) electrons. The standard InChI is InChI=1S/C5H13NOS2/c1-4(3-6)8-9-5(2)7/h4-5,7H,3,6H2,1-2H3. The van der Waals surface area contributed by atoms with Crippen LogP contribution in [-0.4, -0.2) is 22.3 Å². The summed E-state index contributed by atoms with van der Waals surface area (Å²) in [7, 11) is 3.08. The SMILES string of the molecule is CC(O)SSC(C)CN. The molecule has 4 heteroatoms. The maximum atomic E-state index is 8.80. The fourth-order valence-corrected chi connectivity index (χ4v) is 1.93. The molecule has 0 aliphatic rings. The van der Waals surface area contributed by atoms with Gasteiger partial charge in [-0.05, 0) is 6.92 Å². The molecule has 0 aromatic carbocycles. The first kappa shape index (κ1) is 9.62. The number of hydrogen-bond donors (Lipinski definition) is 2. The van der Waals surface area contributed by atoms with Gasteiger partial charge in [-0.25, -0.2) is 0 Å². The topological polar surface area (TPSA) is 46.2 Å². The highest BCUT2D eigenvalue weighted by Crippen LogP contribution is 2.28. The zero-order valence-electron chi connectivity index (χ0n) is 5.70. The van der Waals surface area contributed by atoms with Crippen LogP contribution in [0.2, 0.25) is 0 Å². The monoisotopic (exact) mass is 167 g/mol. The van der Waals surface area contributed by atoms with Crippen LogP contribution in [0.25, 0.3) is 0 Å². The Morgan fingerprint density at radius 1 is 1.44 bits per heavy atom. The van der Waals surface area contributed by atoms with E-state index in [9.17, 15) is 0 Å². The normalized spacial score (nSPS) is 17.3. The fourth-order valence-electron chi connectivity index (χ4n) is 0.215. The van der Waals surface area contributed by atoms with Gasteiger partial charge in [-0.15, -0.1) is 0 Å². The van der Waals surface area contributed by atoms with Crippen molar-refractivity contribution in [2.75, 3.05) is 6.54 Å². The van der Waals surface area contributed by atoms with Gasteiger partial charge in [0.25, 0.3) is 0 Å². The van der Waals surface area contributed by atoms with Gasteiger partial charge in [0.15, 0.2) is 0 Å². The lowest BCUT2D eigenvalue weighted by Gasteiger charge is -2.07.